The summed E-state index contributed by atoms with van der Waals surface area (Å²) < 4.78 is 11.6. The predicted octanol–water partition coefficient (Wildman–Crippen LogP) is 4.21. The fourth-order valence-electron chi connectivity index (χ4n) is 3.55. The molecule has 0 bridgehead atoms. The average Bonchev–Trinajstić information content (AvgIpc) is 2.80. The molecule has 0 saturated heterocycles. The molecule has 1 aromatic carbocycles. The molecule has 1 heterocycles. The molecule has 3 heteroatoms. The number of benzene rings is 1. The second-order valence-corrected chi connectivity index (χ2v) is 6.81. The summed E-state index contributed by atoms with van der Waals surface area (Å²) >= 11 is 0. The van der Waals surface area contributed by atoms with Gasteiger partial charge in [0.25, 0.3) is 0 Å². The van der Waals surface area contributed by atoms with Crippen LogP contribution in [0.4, 0.5) is 0 Å². The molecule has 1 saturated carbocycles. The van der Waals surface area contributed by atoms with Gasteiger partial charge in [-0.25, -0.2) is 0 Å². The van der Waals surface area contributed by atoms with Crippen LogP contribution in [-0.2, 0) is 4.74 Å². The van der Waals surface area contributed by atoms with Gasteiger partial charge in [0.1, 0.15) is 11.3 Å². The number of aryl methyl sites for hydroxylation is 1. The number of methoxy groups -OCH3 is 1. The van der Waals surface area contributed by atoms with Gasteiger partial charge in [0.2, 0.25) is 0 Å². The molecule has 1 aromatic heterocycles. The fraction of sp³-hybridized carbons (Fsp3) is 0.556. The highest BCUT2D eigenvalue weighted by Crippen LogP contribution is 2.43. The van der Waals surface area contributed by atoms with Crippen molar-refractivity contribution in [2.24, 2.45) is 5.41 Å². The number of nitrogens with one attached hydrogen (secondary N) is 1. The first-order chi connectivity index (χ1) is 9.95. The van der Waals surface area contributed by atoms with E-state index in [9.17, 15) is 0 Å². The Balaban J connectivity index is 1.79. The van der Waals surface area contributed by atoms with E-state index in [0.29, 0.717) is 12.1 Å². The minimum atomic E-state index is 0.170. The van der Waals surface area contributed by atoms with Crippen molar-refractivity contribution in [1.29, 1.82) is 0 Å². The van der Waals surface area contributed by atoms with E-state index >= 15 is 0 Å². The van der Waals surface area contributed by atoms with Gasteiger partial charge in [-0.1, -0.05) is 32.0 Å². The Bertz CT molecular complexity index is 644. The molecule has 0 spiro atoms. The largest absolute Gasteiger partial charge is 0.459 e. The molecule has 21 heavy (non-hydrogen) atoms. The summed E-state index contributed by atoms with van der Waals surface area (Å²) in [6.07, 6.45) is 1.41. The summed E-state index contributed by atoms with van der Waals surface area (Å²) in [4.78, 5) is 0. The van der Waals surface area contributed by atoms with Crippen LogP contribution >= 0.6 is 0 Å². The molecule has 3 unspecified atom stereocenters. The summed E-state index contributed by atoms with van der Waals surface area (Å²) in [7, 11) is 1.80. The standard InChI is InChI=1S/C18H25NO2/c1-11-13-8-6-7-9-14(13)21-17(11)12(2)19-15-10-16(20-5)18(15,3)4/h6-9,12,15-16,19H,10H2,1-5H3. The highest BCUT2D eigenvalue weighted by Gasteiger charge is 2.48. The molecular formula is C18H25NO2. The first kappa shape index (κ1) is 14.6. The molecule has 3 nitrogen and oxygen atoms in total. The van der Waals surface area contributed by atoms with Crippen molar-refractivity contribution in [2.45, 2.75) is 52.3 Å². The summed E-state index contributed by atoms with van der Waals surface area (Å²) in [6, 6.07) is 8.91. The lowest BCUT2D eigenvalue weighted by molar-refractivity contribution is -0.100. The average molecular weight is 287 g/mol. The van der Waals surface area contributed by atoms with E-state index in [1.165, 1.54) is 10.9 Å². The van der Waals surface area contributed by atoms with Gasteiger partial charge in [-0.05, 0) is 31.9 Å². The summed E-state index contributed by atoms with van der Waals surface area (Å²) in [6.45, 7) is 8.85. The van der Waals surface area contributed by atoms with Gasteiger partial charge >= 0.3 is 0 Å². The van der Waals surface area contributed by atoms with Crippen LogP contribution in [0.5, 0.6) is 0 Å². The third kappa shape index (κ3) is 2.29. The van der Waals surface area contributed by atoms with Crippen LogP contribution in [0.25, 0.3) is 11.0 Å². The highest BCUT2D eigenvalue weighted by molar-refractivity contribution is 5.82. The number of ether oxygens (including phenoxy) is 1. The number of fused-ring (bicyclic) bond motifs is 1. The topological polar surface area (TPSA) is 34.4 Å². The van der Waals surface area contributed by atoms with Gasteiger partial charge in [-0.3, -0.25) is 0 Å². The Morgan fingerprint density at radius 1 is 1.33 bits per heavy atom. The molecular weight excluding hydrogens is 262 g/mol. The molecule has 1 fully saturated rings. The maximum atomic E-state index is 6.06. The number of rotatable bonds is 4. The van der Waals surface area contributed by atoms with Gasteiger partial charge in [-0.2, -0.15) is 0 Å². The van der Waals surface area contributed by atoms with Crippen molar-refractivity contribution in [1.82, 2.24) is 5.32 Å². The molecule has 1 aliphatic carbocycles. The van der Waals surface area contributed by atoms with Gasteiger partial charge in [0.15, 0.2) is 0 Å². The third-order valence-electron chi connectivity index (χ3n) is 5.19. The zero-order chi connectivity index (χ0) is 15.2. The SMILES string of the molecule is COC1CC(NC(C)c2oc3ccccc3c2C)C1(C)C. The Kier molecular flexibility index (Phi) is 3.58. The van der Waals surface area contributed by atoms with Crippen LogP contribution in [0, 0.1) is 12.3 Å². The zero-order valence-corrected chi connectivity index (χ0v) is 13.6. The minimum absolute atomic E-state index is 0.170. The maximum Gasteiger partial charge on any atom is 0.134 e. The first-order valence-electron chi connectivity index (χ1n) is 7.72. The number of hydrogen-bond acceptors (Lipinski definition) is 3. The Labute approximate surface area is 126 Å². The van der Waals surface area contributed by atoms with E-state index < -0.39 is 0 Å². The lowest BCUT2D eigenvalue weighted by Gasteiger charge is -2.52. The summed E-state index contributed by atoms with van der Waals surface area (Å²) in [5.41, 5.74) is 2.38. The fourth-order valence-corrected chi connectivity index (χ4v) is 3.55. The Morgan fingerprint density at radius 3 is 2.67 bits per heavy atom. The van der Waals surface area contributed by atoms with E-state index in [1.54, 1.807) is 7.11 Å². The summed E-state index contributed by atoms with van der Waals surface area (Å²) in [5, 5.41) is 4.93. The van der Waals surface area contributed by atoms with Crippen LogP contribution in [0.15, 0.2) is 28.7 Å². The molecule has 0 radical (unpaired) electrons. The molecule has 1 N–H and O–H groups in total. The van der Waals surface area contributed by atoms with E-state index in [-0.39, 0.29) is 11.5 Å². The molecule has 0 aliphatic heterocycles. The second-order valence-electron chi connectivity index (χ2n) is 6.81. The van der Waals surface area contributed by atoms with E-state index in [0.717, 1.165) is 17.8 Å². The highest BCUT2D eigenvalue weighted by atomic mass is 16.5. The van der Waals surface area contributed by atoms with E-state index in [2.05, 4.69) is 45.1 Å². The minimum Gasteiger partial charge on any atom is -0.459 e. The molecule has 1 aliphatic rings. The summed E-state index contributed by atoms with van der Waals surface area (Å²) in [5.74, 6) is 1.05. The van der Waals surface area contributed by atoms with Crippen LogP contribution in [0.1, 0.15) is 44.6 Å². The number of hydrogen-bond donors (Lipinski definition) is 1. The van der Waals surface area contributed by atoms with Crippen molar-refractivity contribution in [3.8, 4) is 0 Å². The lowest BCUT2D eigenvalue weighted by atomic mass is 9.64. The molecule has 3 atom stereocenters. The van der Waals surface area contributed by atoms with Crippen molar-refractivity contribution >= 4 is 11.0 Å². The third-order valence-corrected chi connectivity index (χ3v) is 5.19. The number of furan rings is 1. The van der Waals surface area contributed by atoms with Crippen LogP contribution in [-0.4, -0.2) is 19.3 Å². The first-order valence-corrected chi connectivity index (χ1v) is 7.72. The maximum absolute atomic E-state index is 6.06. The molecule has 0 amide bonds. The lowest BCUT2D eigenvalue weighted by Crippen LogP contribution is -2.60. The Hall–Kier alpha value is -1.32. The van der Waals surface area contributed by atoms with Gasteiger partial charge in [0, 0.05) is 24.0 Å². The zero-order valence-electron chi connectivity index (χ0n) is 13.6. The van der Waals surface area contributed by atoms with Crippen LogP contribution < -0.4 is 5.32 Å². The van der Waals surface area contributed by atoms with Crippen molar-refractivity contribution < 1.29 is 9.15 Å². The van der Waals surface area contributed by atoms with Crippen molar-refractivity contribution in [3.05, 3.63) is 35.6 Å². The second kappa shape index (κ2) is 5.15. The quantitative estimate of drug-likeness (QED) is 0.915. The normalized spacial score (nSPS) is 25.8. The van der Waals surface area contributed by atoms with Crippen molar-refractivity contribution in [3.63, 3.8) is 0 Å². The molecule has 114 valence electrons. The molecule has 2 aromatic rings. The Morgan fingerprint density at radius 2 is 2.05 bits per heavy atom. The van der Waals surface area contributed by atoms with E-state index in [4.69, 9.17) is 9.15 Å². The number of para-hydroxylation sites is 1. The van der Waals surface area contributed by atoms with Crippen LogP contribution in [0.2, 0.25) is 0 Å². The smallest absolute Gasteiger partial charge is 0.134 e. The van der Waals surface area contributed by atoms with Crippen LogP contribution in [0.3, 0.4) is 0 Å². The molecule has 3 rings (SSSR count). The van der Waals surface area contributed by atoms with E-state index in [1.807, 2.05) is 12.1 Å². The monoisotopic (exact) mass is 287 g/mol. The van der Waals surface area contributed by atoms with Crippen molar-refractivity contribution in [2.75, 3.05) is 7.11 Å². The predicted molar refractivity (Wildman–Crippen MR) is 85.5 cm³/mol. The van der Waals surface area contributed by atoms with Gasteiger partial charge < -0.3 is 14.5 Å². The van der Waals surface area contributed by atoms with Gasteiger partial charge in [0.05, 0.1) is 12.1 Å². The van der Waals surface area contributed by atoms with Gasteiger partial charge in [-0.15, -0.1) is 0 Å².